The minimum absolute atomic E-state index is 0.0721. The molecule has 0 spiro atoms. The monoisotopic (exact) mass is 529 g/mol. The molecule has 0 amide bonds. The number of nitrogens with one attached hydrogen (secondary N) is 1. The average Bonchev–Trinajstić information content (AvgIpc) is 3.43. The molecule has 0 aliphatic carbocycles. The molecule has 8 nitrogen and oxygen atoms in total. The van der Waals surface area contributed by atoms with Crippen LogP contribution in [0.4, 0.5) is 0 Å². The number of rotatable bonds is 5. The molecule has 0 bridgehead atoms. The smallest absolute Gasteiger partial charge is 0.251 e. The maximum atomic E-state index is 12.9. The fraction of sp³-hybridized carbons (Fsp3) is 0.207. The van der Waals surface area contributed by atoms with Gasteiger partial charge in [-0.05, 0) is 73.9 Å². The van der Waals surface area contributed by atoms with E-state index in [9.17, 15) is 14.5 Å². The number of imidazole rings is 1. The summed E-state index contributed by atoms with van der Waals surface area (Å²) in [6, 6.07) is 18.2. The van der Waals surface area contributed by atoms with Gasteiger partial charge in [-0.15, -0.1) is 0 Å². The number of nitrogens with two attached hydrogens (primary N) is 1. The molecule has 5 rings (SSSR count). The van der Waals surface area contributed by atoms with Gasteiger partial charge in [0.05, 0.1) is 30.9 Å². The van der Waals surface area contributed by atoms with Crippen LogP contribution in [0.15, 0.2) is 90.4 Å². The number of pyridine rings is 2. The fourth-order valence-corrected chi connectivity index (χ4v) is 4.42. The number of nitrogens with zero attached hydrogens (tertiary/aromatic N) is 3. The summed E-state index contributed by atoms with van der Waals surface area (Å²) in [6.07, 6.45) is 6.71. The molecule has 38 heavy (non-hydrogen) atoms. The zero-order valence-corrected chi connectivity index (χ0v) is 22.8. The highest BCUT2D eigenvalue weighted by Crippen LogP contribution is 2.37. The predicted octanol–water partition coefficient (Wildman–Crippen LogP) is 5.00. The quantitative estimate of drug-likeness (QED) is 0.275. The summed E-state index contributed by atoms with van der Waals surface area (Å²) in [6.45, 7) is 7.72. The van der Waals surface area contributed by atoms with Crippen LogP contribution in [0.3, 0.4) is 0 Å². The van der Waals surface area contributed by atoms with E-state index in [0.29, 0.717) is 17.8 Å². The first-order chi connectivity index (χ1) is 18.0. The van der Waals surface area contributed by atoms with Crippen LogP contribution in [0.5, 0.6) is 5.75 Å². The number of aromatic amines is 1. The van der Waals surface area contributed by atoms with E-state index in [4.69, 9.17) is 5.73 Å². The summed E-state index contributed by atoms with van der Waals surface area (Å²) in [4.78, 5) is 24.4. The Hall–Kier alpha value is -4.00. The molecule has 4 N–H and O–H groups in total. The number of hydrogen-bond donors (Lipinski definition) is 3. The second kappa shape index (κ2) is 10.8. The van der Waals surface area contributed by atoms with Gasteiger partial charge in [-0.1, -0.05) is 24.3 Å². The summed E-state index contributed by atoms with van der Waals surface area (Å²) >= 11 is 0. The van der Waals surface area contributed by atoms with Crippen molar-refractivity contribution in [2.24, 2.45) is 5.73 Å². The van der Waals surface area contributed by atoms with Crippen molar-refractivity contribution in [2.75, 3.05) is 20.0 Å². The molecule has 1 unspecified atom stereocenters. The lowest BCUT2D eigenvalue weighted by Gasteiger charge is -2.30. The van der Waals surface area contributed by atoms with Gasteiger partial charge in [0, 0.05) is 36.0 Å². The molecule has 9 heteroatoms. The van der Waals surface area contributed by atoms with Gasteiger partial charge in [-0.2, -0.15) is 0 Å². The molecule has 0 saturated heterocycles. The zero-order valence-electron chi connectivity index (χ0n) is 21.9. The zero-order chi connectivity index (χ0) is 27.5. The van der Waals surface area contributed by atoms with Crippen molar-refractivity contribution in [3.63, 3.8) is 0 Å². The lowest BCUT2D eigenvalue weighted by atomic mass is 9.80. The van der Waals surface area contributed by atoms with Crippen LogP contribution in [0.1, 0.15) is 23.7 Å². The maximum Gasteiger partial charge on any atom is 0.251 e. The number of aryl methyl sites for hydroxylation is 1. The second-order valence-electron chi connectivity index (χ2n) is 9.83. The van der Waals surface area contributed by atoms with E-state index in [1.165, 1.54) is 0 Å². The van der Waals surface area contributed by atoms with Gasteiger partial charge >= 0.3 is 0 Å². The SMILES string of the molecule is CCn1c(=O)cc(-c2cccnc2)c2cc(C(N)(c3cccc(O)c3)c3cnc[nH]3)ccc21.CP(C)(C)=O. The van der Waals surface area contributed by atoms with E-state index in [1.807, 2.05) is 43.3 Å². The number of benzene rings is 2. The molecule has 0 saturated carbocycles. The molecule has 0 aliphatic heterocycles. The third kappa shape index (κ3) is 5.62. The highest BCUT2D eigenvalue weighted by molar-refractivity contribution is 7.61. The molecule has 0 radical (unpaired) electrons. The van der Waals surface area contributed by atoms with Gasteiger partial charge in [0.25, 0.3) is 5.56 Å². The van der Waals surface area contributed by atoms with Crippen LogP contribution in [-0.2, 0) is 16.6 Å². The number of H-pyrrole nitrogens is 1. The van der Waals surface area contributed by atoms with E-state index in [0.717, 1.165) is 27.6 Å². The van der Waals surface area contributed by atoms with Crippen molar-refractivity contribution in [3.05, 3.63) is 113 Å². The van der Waals surface area contributed by atoms with Crippen LogP contribution in [0, 0.1) is 0 Å². The van der Waals surface area contributed by atoms with Gasteiger partial charge in [0.15, 0.2) is 0 Å². The van der Waals surface area contributed by atoms with E-state index >= 15 is 0 Å². The fourth-order valence-electron chi connectivity index (χ4n) is 4.42. The summed E-state index contributed by atoms with van der Waals surface area (Å²) < 4.78 is 12.0. The van der Waals surface area contributed by atoms with Crippen molar-refractivity contribution < 1.29 is 9.67 Å². The van der Waals surface area contributed by atoms with E-state index in [-0.39, 0.29) is 11.3 Å². The highest BCUT2D eigenvalue weighted by atomic mass is 31.2. The van der Waals surface area contributed by atoms with Gasteiger partial charge < -0.3 is 25.0 Å². The Morgan fingerprint density at radius 3 is 2.34 bits per heavy atom. The molecule has 1 atom stereocenters. The van der Waals surface area contributed by atoms with Gasteiger partial charge in [-0.25, -0.2) is 4.98 Å². The molecule has 196 valence electrons. The van der Waals surface area contributed by atoms with Gasteiger partial charge in [0.2, 0.25) is 0 Å². The summed E-state index contributed by atoms with van der Waals surface area (Å²) in [7, 11) is -1.64. The van der Waals surface area contributed by atoms with Crippen LogP contribution in [0.25, 0.3) is 22.0 Å². The van der Waals surface area contributed by atoms with E-state index in [2.05, 4.69) is 15.0 Å². The van der Waals surface area contributed by atoms with Crippen LogP contribution in [0.2, 0.25) is 0 Å². The first-order valence-corrected chi connectivity index (χ1v) is 15.3. The van der Waals surface area contributed by atoms with Crippen molar-refractivity contribution in [3.8, 4) is 16.9 Å². The van der Waals surface area contributed by atoms with Crippen molar-refractivity contribution in [2.45, 2.75) is 19.0 Å². The standard InChI is InChI=1S/C26H23N5O2.C3H9OP/c1-2-31-23-9-8-19(12-22(23)21(13-25(31)33)17-5-4-10-28-14-17)26(27,24-15-29-16-30-24)18-6-3-7-20(32)11-18;1-5(2,3)4/h3-16,32H,2,27H2,1H3,(H,29,30);1-3H3. The van der Waals surface area contributed by atoms with Crippen molar-refractivity contribution in [1.82, 2.24) is 19.5 Å². The Balaban J connectivity index is 0.000000617. The number of aromatic nitrogens is 4. The molecule has 5 aromatic rings. The Labute approximate surface area is 221 Å². The Morgan fingerprint density at radius 2 is 1.74 bits per heavy atom. The minimum atomic E-state index is -1.64. The lowest BCUT2D eigenvalue weighted by molar-refractivity contribution is 0.472. The van der Waals surface area contributed by atoms with Crippen molar-refractivity contribution in [1.29, 1.82) is 0 Å². The van der Waals surface area contributed by atoms with Crippen LogP contribution in [-0.4, -0.2) is 44.6 Å². The number of aromatic hydroxyl groups is 1. The van der Waals surface area contributed by atoms with Crippen molar-refractivity contribution >= 4 is 18.0 Å². The summed E-state index contributed by atoms with van der Waals surface area (Å²) in [5.41, 5.74) is 10.5. The Bertz CT molecular complexity index is 1650. The third-order valence-corrected chi connectivity index (χ3v) is 6.08. The van der Waals surface area contributed by atoms with Crippen LogP contribution < -0.4 is 11.3 Å². The maximum absolute atomic E-state index is 12.9. The van der Waals surface area contributed by atoms with Crippen LogP contribution >= 0.6 is 7.14 Å². The number of hydrogen-bond acceptors (Lipinski definition) is 6. The molecule has 3 heterocycles. The van der Waals surface area contributed by atoms with Gasteiger partial charge in [-0.3, -0.25) is 9.78 Å². The van der Waals surface area contributed by atoms with E-state index < -0.39 is 12.7 Å². The third-order valence-electron chi connectivity index (χ3n) is 6.08. The average molecular weight is 530 g/mol. The highest BCUT2D eigenvalue weighted by Gasteiger charge is 2.34. The summed E-state index contributed by atoms with van der Waals surface area (Å²) in [5, 5.41) is 11.0. The molecule has 2 aromatic carbocycles. The molecule has 0 fully saturated rings. The summed E-state index contributed by atoms with van der Waals surface area (Å²) in [5.74, 6) is 0.124. The molecular weight excluding hydrogens is 497 g/mol. The molecule has 0 aliphatic rings. The predicted molar refractivity (Wildman–Crippen MR) is 153 cm³/mol. The topological polar surface area (TPSA) is 127 Å². The van der Waals surface area contributed by atoms with E-state index in [1.54, 1.807) is 73.7 Å². The largest absolute Gasteiger partial charge is 0.508 e. The normalized spacial score (nSPS) is 13.0. The number of phenols is 1. The molecular formula is C29H32N5O3P. The first kappa shape index (κ1) is 27.0. The number of fused-ring (bicyclic) bond motifs is 1. The lowest BCUT2D eigenvalue weighted by Crippen LogP contribution is -2.39. The Kier molecular flexibility index (Phi) is 7.67. The Morgan fingerprint density at radius 1 is 1.00 bits per heavy atom. The minimum Gasteiger partial charge on any atom is -0.508 e. The second-order valence-corrected chi connectivity index (χ2v) is 13.6. The number of phenolic OH excluding ortho intramolecular Hbond substituents is 1. The molecule has 3 aromatic heterocycles. The van der Waals surface area contributed by atoms with Gasteiger partial charge in [0.1, 0.15) is 11.3 Å². The first-order valence-electron chi connectivity index (χ1n) is 12.2.